The summed E-state index contributed by atoms with van der Waals surface area (Å²) in [6, 6.07) is 8.70. The Morgan fingerprint density at radius 1 is 0.621 bits per heavy atom. The van der Waals surface area contributed by atoms with E-state index in [2.05, 4.69) is 45.0 Å². The van der Waals surface area contributed by atoms with E-state index in [9.17, 15) is 0 Å². The summed E-state index contributed by atoms with van der Waals surface area (Å²) in [5, 5.41) is 0. The molecule has 0 fully saturated rings. The van der Waals surface area contributed by atoms with Crippen molar-refractivity contribution in [2.45, 2.75) is 135 Å². The summed E-state index contributed by atoms with van der Waals surface area (Å²) in [6.45, 7) is 6.49. The van der Waals surface area contributed by atoms with E-state index in [1.54, 1.807) is 0 Å². The van der Waals surface area contributed by atoms with Crippen LogP contribution in [0.1, 0.15) is 135 Å². The predicted molar refractivity (Wildman–Crippen MR) is 134 cm³/mol. The third-order valence-electron chi connectivity index (χ3n) is 5.96. The van der Waals surface area contributed by atoms with Crippen molar-refractivity contribution in [1.29, 1.82) is 0 Å². The second-order valence-electron chi connectivity index (χ2n) is 9.18. The van der Waals surface area contributed by atoms with Crippen LogP contribution in [-0.2, 0) is 11.3 Å². The van der Waals surface area contributed by atoms with Crippen molar-refractivity contribution >= 4 is 11.6 Å². The third-order valence-corrected chi connectivity index (χ3v) is 6.16. The molecule has 0 unspecified atom stereocenters. The summed E-state index contributed by atoms with van der Waals surface area (Å²) < 4.78 is 0. The Bertz CT molecular complexity index is 478. The van der Waals surface area contributed by atoms with Gasteiger partial charge >= 0.3 is 0 Å². The molecule has 0 spiro atoms. The normalized spacial score (nSPS) is 11.4. The van der Waals surface area contributed by atoms with Crippen LogP contribution in [0.4, 0.5) is 0 Å². The predicted octanol–water partition coefficient (Wildman–Crippen LogP) is 10.1. The van der Waals surface area contributed by atoms with Crippen molar-refractivity contribution in [1.82, 2.24) is 6.15 Å². The van der Waals surface area contributed by atoms with E-state index in [0.29, 0.717) is 0 Å². The summed E-state index contributed by atoms with van der Waals surface area (Å²) in [5.74, 6) is 0. The van der Waals surface area contributed by atoms with Crippen LogP contribution in [0.3, 0.4) is 0 Å². The Morgan fingerprint density at radius 2 is 1.00 bits per heavy atom. The van der Waals surface area contributed by atoms with Gasteiger partial charge in [-0.15, -0.1) is 11.6 Å². The van der Waals surface area contributed by atoms with E-state index in [1.807, 2.05) is 0 Å². The van der Waals surface area contributed by atoms with Crippen molar-refractivity contribution in [3.8, 4) is 0 Å². The Hall–Kier alpha value is -0.530. The Morgan fingerprint density at radius 3 is 1.41 bits per heavy atom. The van der Waals surface area contributed by atoms with Gasteiger partial charge in [0.15, 0.2) is 0 Å². The molecule has 0 aliphatic rings. The van der Waals surface area contributed by atoms with Crippen LogP contribution >= 0.6 is 11.6 Å². The van der Waals surface area contributed by atoms with Gasteiger partial charge in [-0.1, -0.05) is 128 Å². The zero-order valence-electron chi connectivity index (χ0n) is 19.9. The number of rotatable bonds is 18. The highest BCUT2D eigenvalue weighted by atomic mass is 35.5. The van der Waals surface area contributed by atoms with Gasteiger partial charge in [-0.25, -0.2) is 0 Å². The lowest BCUT2D eigenvalue weighted by atomic mass is 9.93. The summed E-state index contributed by atoms with van der Waals surface area (Å²) in [4.78, 5) is -0.258. The van der Waals surface area contributed by atoms with Crippen molar-refractivity contribution in [3.05, 3.63) is 35.4 Å². The van der Waals surface area contributed by atoms with Crippen LogP contribution in [0, 0.1) is 0 Å². The molecule has 0 saturated carbocycles. The molecule has 0 heterocycles. The number of halogens is 1. The largest absolute Gasteiger partial charge is 0.344 e. The maximum atomic E-state index is 6.54. The quantitative estimate of drug-likeness (QED) is 0.185. The average molecular weight is 424 g/mol. The topological polar surface area (TPSA) is 35.0 Å². The van der Waals surface area contributed by atoms with E-state index in [1.165, 1.54) is 120 Å². The molecular formula is C27H50ClN. The van der Waals surface area contributed by atoms with Crippen LogP contribution in [0.2, 0.25) is 0 Å². The highest BCUT2D eigenvalue weighted by Crippen LogP contribution is 2.31. The Balaban J connectivity index is 0.00000784. The van der Waals surface area contributed by atoms with Gasteiger partial charge in [0.1, 0.15) is 0 Å². The maximum Gasteiger partial charge on any atom is 0.0641 e. The number of benzene rings is 1. The van der Waals surface area contributed by atoms with Crippen LogP contribution in [-0.4, -0.2) is 0 Å². The fourth-order valence-electron chi connectivity index (χ4n) is 4.18. The fourth-order valence-corrected chi connectivity index (χ4v) is 4.37. The van der Waals surface area contributed by atoms with Crippen molar-refractivity contribution in [2.24, 2.45) is 0 Å². The molecule has 0 saturated heterocycles. The lowest BCUT2D eigenvalue weighted by Crippen LogP contribution is -2.10. The first kappa shape index (κ1) is 28.5. The highest BCUT2D eigenvalue weighted by molar-refractivity contribution is 6.23. The summed E-state index contributed by atoms with van der Waals surface area (Å²) in [5.41, 5.74) is 2.74. The molecule has 0 radical (unpaired) electrons. The van der Waals surface area contributed by atoms with Gasteiger partial charge < -0.3 is 6.15 Å². The molecule has 29 heavy (non-hydrogen) atoms. The minimum absolute atomic E-state index is 0. The fraction of sp³-hybridized carbons (Fsp3) is 0.778. The Labute approximate surface area is 188 Å². The SMILES string of the molecule is CCCCCCCCCCCCCCCCCCc1ccccc1C(C)(C)Cl.N. The molecule has 1 aromatic carbocycles. The highest BCUT2D eigenvalue weighted by Gasteiger charge is 2.19. The zero-order chi connectivity index (χ0) is 20.5. The monoisotopic (exact) mass is 423 g/mol. The minimum atomic E-state index is -0.258. The summed E-state index contributed by atoms with van der Waals surface area (Å²) in [7, 11) is 0. The van der Waals surface area contributed by atoms with Crippen LogP contribution in [0.5, 0.6) is 0 Å². The van der Waals surface area contributed by atoms with Crippen LogP contribution < -0.4 is 6.15 Å². The first-order valence-corrected chi connectivity index (χ1v) is 12.7. The van der Waals surface area contributed by atoms with Gasteiger partial charge in [0.05, 0.1) is 4.87 Å². The second kappa shape index (κ2) is 18.3. The summed E-state index contributed by atoms with van der Waals surface area (Å²) in [6.07, 6.45) is 24.0. The smallest absolute Gasteiger partial charge is 0.0641 e. The first-order valence-electron chi connectivity index (χ1n) is 12.3. The minimum Gasteiger partial charge on any atom is -0.344 e. The number of alkyl halides is 1. The van der Waals surface area contributed by atoms with Gasteiger partial charge in [0.25, 0.3) is 0 Å². The van der Waals surface area contributed by atoms with Gasteiger partial charge in [0, 0.05) is 0 Å². The molecule has 2 heteroatoms. The van der Waals surface area contributed by atoms with Crippen LogP contribution in [0.15, 0.2) is 24.3 Å². The molecule has 0 aliphatic carbocycles. The molecule has 0 atom stereocenters. The van der Waals surface area contributed by atoms with Gasteiger partial charge in [-0.3, -0.25) is 0 Å². The average Bonchev–Trinajstić information content (AvgIpc) is 2.67. The molecule has 3 N–H and O–H groups in total. The zero-order valence-corrected chi connectivity index (χ0v) is 20.7. The van der Waals surface area contributed by atoms with E-state index >= 15 is 0 Å². The van der Waals surface area contributed by atoms with Gasteiger partial charge in [-0.05, 0) is 37.8 Å². The van der Waals surface area contributed by atoms with Gasteiger partial charge in [-0.2, -0.15) is 0 Å². The first-order chi connectivity index (χ1) is 13.6. The van der Waals surface area contributed by atoms with Crippen molar-refractivity contribution in [3.63, 3.8) is 0 Å². The Kier molecular flexibility index (Phi) is 17.9. The lowest BCUT2D eigenvalue weighted by molar-refractivity contribution is 0.529. The van der Waals surface area contributed by atoms with Crippen LogP contribution in [0.25, 0.3) is 0 Å². The molecule has 0 aromatic heterocycles. The molecule has 0 bridgehead atoms. The molecule has 1 aromatic rings. The third kappa shape index (κ3) is 15.0. The number of unbranched alkanes of at least 4 members (excludes halogenated alkanes) is 15. The summed E-state index contributed by atoms with van der Waals surface area (Å²) >= 11 is 6.54. The van der Waals surface area contributed by atoms with Crippen molar-refractivity contribution in [2.75, 3.05) is 0 Å². The maximum absolute atomic E-state index is 6.54. The lowest BCUT2D eigenvalue weighted by Gasteiger charge is -2.20. The molecule has 1 nitrogen and oxygen atoms in total. The second-order valence-corrected chi connectivity index (χ2v) is 10.1. The van der Waals surface area contributed by atoms with Crippen molar-refractivity contribution < 1.29 is 0 Å². The standard InChI is InChI=1S/C27H47Cl.H3N/c1-4-5-6-7-8-9-10-11-12-13-14-15-16-17-18-19-22-25-23-20-21-24-26(25)27(2,3)28;/h20-21,23-24H,4-19,22H2,1-3H3;1H3. The van der Waals surface area contributed by atoms with E-state index in [-0.39, 0.29) is 11.0 Å². The molecule has 1 rings (SSSR count). The number of aryl methyl sites for hydroxylation is 1. The van der Waals surface area contributed by atoms with E-state index in [4.69, 9.17) is 11.6 Å². The molecular weight excluding hydrogens is 374 g/mol. The van der Waals surface area contributed by atoms with Gasteiger partial charge in [0.2, 0.25) is 0 Å². The van der Waals surface area contributed by atoms with E-state index in [0.717, 1.165) is 0 Å². The molecule has 0 amide bonds. The number of hydrogen-bond donors (Lipinski definition) is 1. The van der Waals surface area contributed by atoms with E-state index < -0.39 is 0 Å². The number of hydrogen-bond acceptors (Lipinski definition) is 1. The molecule has 0 aliphatic heterocycles. The molecule has 170 valence electrons.